The van der Waals surface area contributed by atoms with E-state index in [0.29, 0.717) is 16.1 Å². The quantitative estimate of drug-likeness (QED) is 0.390. The molecule has 0 bridgehead atoms. The van der Waals surface area contributed by atoms with Crippen LogP contribution in [0, 0.1) is 0 Å². The number of para-hydroxylation sites is 1. The summed E-state index contributed by atoms with van der Waals surface area (Å²) in [5.74, 6) is -0.182. The van der Waals surface area contributed by atoms with Crippen LogP contribution in [0.15, 0.2) is 75.6 Å². The third kappa shape index (κ3) is 3.94. The number of hydrogen-bond donors (Lipinski definition) is 2. The summed E-state index contributed by atoms with van der Waals surface area (Å²) in [4.78, 5) is 6.79. The molecule has 34 heavy (non-hydrogen) atoms. The van der Waals surface area contributed by atoms with Crippen molar-refractivity contribution in [3.05, 3.63) is 66.4 Å². The molecule has 2 heterocycles. The predicted molar refractivity (Wildman–Crippen MR) is 117 cm³/mol. The highest BCUT2D eigenvalue weighted by Gasteiger charge is 2.32. The van der Waals surface area contributed by atoms with Gasteiger partial charge in [0.1, 0.15) is 5.82 Å². The molecule has 3 N–H and O–H groups in total. The van der Waals surface area contributed by atoms with Crippen molar-refractivity contribution in [3.8, 4) is 0 Å². The molecule has 0 amide bonds. The van der Waals surface area contributed by atoms with E-state index >= 15 is 0 Å². The van der Waals surface area contributed by atoms with Crippen LogP contribution < -0.4 is 11.1 Å². The molecule has 2 aromatic heterocycles. The second-order valence-electron chi connectivity index (χ2n) is 7.04. The topological polar surface area (TPSA) is 137 Å². The molecule has 0 aliphatic rings. The van der Waals surface area contributed by atoms with E-state index in [9.17, 15) is 30.0 Å². The fourth-order valence-corrected chi connectivity index (χ4v) is 6.13. The maximum absolute atomic E-state index is 13.4. The minimum Gasteiger partial charge on any atom is -0.373 e. The zero-order chi connectivity index (χ0) is 24.9. The van der Waals surface area contributed by atoms with Gasteiger partial charge in [-0.3, -0.25) is 0 Å². The van der Waals surface area contributed by atoms with Gasteiger partial charge in [-0.2, -0.15) is 18.2 Å². The molecule has 14 heteroatoms. The first-order chi connectivity index (χ1) is 15.9. The fraction of sp³-hybridized carbons (Fsp3) is 0.100. The summed E-state index contributed by atoms with van der Waals surface area (Å²) in [5, 5.41) is 2.27. The van der Waals surface area contributed by atoms with Crippen molar-refractivity contribution < 1.29 is 30.0 Å². The summed E-state index contributed by atoms with van der Waals surface area (Å²) >= 11 is 0. The number of nitrogens with two attached hydrogens (primary N) is 1. The normalized spacial score (nSPS) is 12.7. The Morgan fingerprint density at radius 3 is 2.24 bits per heavy atom. The molecule has 0 saturated heterocycles. The lowest BCUT2D eigenvalue weighted by atomic mass is 10.2. The molecule has 9 nitrogen and oxygen atoms in total. The van der Waals surface area contributed by atoms with Crippen molar-refractivity contribution in [2.45, 2.75) is 21.0 Å². The van der Waals surface area contributed by atoms with E-state index in [1.54, 1.807) is 0 Å². The van der Waals surface area contributed by atoms with E-state index in [2.05, 4.69) is 15.3 Å². The molecular formula is C20H16F3N5O4S2. The largest absolute Gasteiger partial charge is 0.416 e. The number of hydrogen-bond acceptors (Lipinski definition) is 8. The smallest absolute Gasteiger partial charge is 0.373 e. The average Bonchev–Trinajstić information content (AvgIpc) is 3.19. The number of halogens is 3. The van der Waals surface area contributed by atoms with E-state index < -0.39 is 41.5 Å². The van der Waals surface area contributed by atoms with E-state index in [-0.39, 0.29) is 27.6 Å². The van der Waals surface area contributed by atoms with Crippen LogP contribution >= 0.6 is 0 Å². The number of nitrogen functional groups attached to an aromatic ring is 1. The van der Waals surface area contributed by atoms with Gasteiger partial charge < -0.3 is 11.1 Å². The molecule has 0 spiro atoms. The van der Waals surface area contributed by atoms with Gasteiger partial charge in [-0.1, -0.05) is 18.2 Å². The molecule has 2 aromatic carbocycles. The molecule has 0 aliphatic heterocycles. The first-order valence-electron chi connectivity index (χ1n) is 9.46. The van der Waals surface area contributed by atoms with Crippen LogP contribution in [0.4, 0.5) is 24.9 Å². The van der Waals surface area contributed by atoms with E-state index in [1.165, 1.54) is 31.3 Å². The van der Waals surface area contributed by atoms with Crippen molar-refractivity contribution in [2.75, 3.05) is 18.1 Å². The molecule has 178 valence electrons. The molecule has 0 fully saturated rings. The number of benzene rings is 2. The van der Waals surface area contributed by atoms with Gasteiger partial charge in [-0.25, -0.2) is 25.8 Å². The Hall–Kier alpha value is -3.65. The van der Waals surface area contributed by atoms with Gasteiger partial charge in [0.25, 0.3) is 10.0 Å². The lowest BCUT2D eigenvalue weighted by Crippen LogP contribution is -2.13. The van der Waals surface area contributed by atoms with Gasteiger partial charge in [-0.05, 0) is 30.3 Å². The minimum atomic E-state index is -4.64. The van der Waals surface area contributed by atoms with Crippen LogP contribution in [0.25, 0.3) is 10.9 Å². The van der Waals surface area contributed by atoms with Crippen molar-refractivity contribution in [2.24, 2.45) is 0 Å². The minimum absolute atomic E-state index is 0.0110. The highest BCUT2D eigenvalue weighted by Crippen LogP contribution is 2.34. The molecule has 4 rings (SSSR count). The number of anilines is 2. The summed E-state index contributed by atoms with van der Waals surface area (Å²) < 4.78 is 92.7. The number of alkyl halides is 3. The zero-order valence-corrected chi connectivity index (χ0v) is 18.9. The second-order valence-corrected chi connectivity index (χ2v) is 10.7. The Balaban J connectivity index is 1.92. The standard InChI is InChI=1S/C20H16F3N5O4S2/c1-25-17-10-18(27-19(24)26-17)33(29,30)16-11-28(15-5-3-2-4-14(15)16)34(31,32)13-8-6-12(7-9-13)20(21,22)23/h2-11H,1H3,(H3,24,25,26,27). The van der Waals surface area contributed by atoms with Gasteiger partial charge in [0.05, 0.1) is 20.9 Å². The summed E-state index contributed by atoms with van der Waals surface area (Å²) in [5.41, 5.74) is 4.60. The average molecular weight is 512 g/mol. The molecule has 0 saturated carbocycles. The molecule has 0 atom stereocenters. The summed E-state index contributed by atoms with van der Waals surface area (Å²) in [6, 6.07) is 9.84. The second kappa shape index (κ2) is 7.99. The third-order valence-corrected chi connectivity index (χ3v) is 8.27. The molecule has 4 aromatic rings. The van der Waals surface area contributed by atoms with Crippen LogP contribution in [0.3, 0.4) is 0 Å². The predicted octanol–water partition coefficient (Wildman–Crippen LogP) is 3.14. The highest BCUT2D eigenvalue weighted by molar-refractivity contribution is 7.92. The van der Waals surface area contributed by atoms with E-state index in [4.69, 9.17) is 5.73 Å². The van der Waals surface area contributed by atoms with Gasteiger partial charge >= 0.3 is 6.18 Å². The zero-order valence-electron chi connectivity index (χ0n) is 17.3. The van der Waals surface area contributed by atoms with Gasteiger partial charge in [0.15, 0.2) is 5.03 Å². The van der Waals surface area contributed by atoms with Crippen molar-refractivity contribution in [1.82, 2.24) is 13.9 Å². The maximum Gasteiger partial charge on any atom is 0.416 e. The Bertz CT molecular complexity index is 1610. The summed E-state index contributed by atoms with van der Waals surface area (Å²) in [6.45, 7) is 0. The number of fused-ring (bicyclic) bond motifs is 1. The van der Waals surface area contributed by atoms with Crippen molar-refractivity contribution >= 4 is 42.5 Å². The maximum atomic E-state index is 13.4. The van der Waals surface area contributed by atoms with Crippen LogP contribution in [0.5, 0.6) is 0 Å². The SMILES string of the molecule is CNc1cc(S(=O)(=O)c2cn(S(=O)(=O)c3ccc(C(F)(F)F)cc3)c3ccccc23)nc(N)n1. The monoisotopic (exact) mass is 511 g/mol. The van der Waals surface area contributed by atoms with E-state index in [0.717, 1.165) is 24.4 Å². The Morgan fingerprint density at radius 1 is 0.971 bits per heavy atom. The Kier molecular flexibility index (Phi) is 5.52. The lowest BCUT2D eigenvalue weighted by molar-refractivity contribution is -0.137. The van der Waals surface area contributed by atoms with Gasteiger partial charge in [0.2, 0.25) is 15.8 Å². The number of sulfone groups is 1. The first-order valence-corrected chi connectivity index (χ1v) is 12.4. The van der Waals surface area contributed by atoms with Crippen LogP contribution in [-0.2, 0) is 26.0 Å². The third-order valence-electron chi connectivity index (χ3n) is 4.92. The molecular weight excluding hydrogens is 495 g/mol. The number of nitrogens with zero attached hydrogens (tertiary/aromatic N) is 3. The van der Waals surface area contributed by atoms with Crippen LogP contribution in [0.2, 0.25) is 0 Å². The molecule has 0 aliphatic carbocycles. The van der Waals surface area contributed by atoms with Gasteiger partial charge in [0, 0.05) is 24.7 Å². The highest BCUT2D eigenvalue weighted by atomic mass is 32.2. The van der Waals surface area contributed by atoms with Crippen molar-refractivity contribution in [3.63, 3.8) is 0 Å². The molecule has 0 unspecified atom stereocenters. The summed E-state index contributed by atoms with van der Waals surface area (Å²) in [6.07, 6.45) is -3.75. The summed E-state index contributed by atoms with van der Waals surface area (Å²) in [7, 11) is -7.33. The van der Waals surface area contributed by atoms with E-state index in [1.807, 2.05) is 0 Å². The first kappa shape index (κ1) is 23.5. The number of aromatic nitrogens is 3. The number of nitrogens with one attached hydrogen (secondary N) is 1. The van der Waals surface area contributed by atoms with Gasteiger partial charge in [-0.15, -0.1) is 0 Å². The van der Waals surface area contributed by atoms with Crippen LogP contribution in [0.1, 0.15) is 5.56 Å². The van der Waals surface area contributed by atoms with Crippen molar-refractivity contribution in [1.29, 1.82) is 0 Å². The Morgan fingerprint density at radius 2 is 1.62 bits per heavy atom. The number of rotatable bonds is 5. The fourth-order valence-electron chi connectivity index (χ4n) is 3.28. The Labute approximate surface area is 192 Å². The molecule has 0 radical (unpaired) electrons. The lowest BCUT2D eigenvalue weighted by Gasteiger charge is -2.10. The van der Waals surface area contributed by atoms with Crippen LogP contribution in [-0.4, -0.2) is 37.8 Å².